The summed E-state index contributed by atoms with van der Waals surface area (Å²) >= 11 is 0. The Morgan fingerprint density at radius 3 is 1.67 bits per heavy atom. The maximum absolute atomic E-state index is 9.58. The Morgan fingerprint density at radius 2 is 1.42 bits per heavy atom. The minimum atomic E-state index is -4.27. The van der Waals surface area contributed by atoms with Crippen LogP contribution in [0.3, 0.4) is 0 Å². The summed E-state index contributed by atoms with van der Waals surface area (Å²) in [7, 11) is -4.27. The second kappa shape index (κ2) is 7.89. The zero-order chi connectivity index (χ0) is 19.5. The quantitative estimate of drug-likeness (QED) is 0.512. The molecule has 0 saturated carbocycles. The third kappa shape index (κ3) is 7.24. The molecule has 0 fully saturated rings. The Hall–Kier alpha value is -1.04. The number of carboxylic acids is 1. The summed E-state index contributed by atoms with van der Waals surface area (Å²) in [6.45, 7) is 13.5. The van der Waals surface area contributed by atoms with Gasteiger partial charge in [-0.2, -0.15) is 0 Å². The van der Waals surface area contributed by atoms with E-state index >= 15 is 0 Å². The molecule has 0 saturated heterocycles. The molecule has 0 amide bonds. The van der Waals surface area contributed by atoms with Gasteiger partial charge < -0.3 is 10.2 Å². The molecule has 1 aromatic carbocycles. The molecule has 0 aromatic heterocycles. The first kappa shape index (κ1) is 23.0. The largest absolute Gasteiger partial charge is 0.479 e. The number of aliphatic hydroxyl groups excluding tert-OH is 1. The molecule has 0 aliphatic carbocycles. The molecule has 1 atom stereocenters. The smallest absolute Gasteiger partial charge is 0.332 e. The summed E-state index contributed by atoms with van der Waals surface area (Å²) in [5, 5.41) is 16.1. The summed E-state index contributed by atoms with van der Waals surface area (Å²) in [6.07, 6.45) is -1.23. The van der Waals surface area contributed by atoms with Gasteiger partial charge in [0.25, 0.3) is 0 Å². The van der Waals surface area contributed by atoms with Crippen molar-refractivity contribution in [1.82, 2.24) is 0 Å². The summed E-state index contributed by atoms with van der Waals surface area (Å²) in [4.78, 5) is 38.2. The van der Waals surface area contributed by atoms with Gasteiger partial charge in [-0.05, 0) is 6.92 Å². The van der Waals surface area contributed by atoms with Crippen molar-refractivity contribution in [1.29, 1.82) is 0 Å². The van der Waals surface area contributed by atoms with E-state index in [9.17, 15) is 19.5 Å². The van der Waals surface area contributed by atoms with E-state index in [-0.39, 0.29) is 16.1 Å². The van der Waals surface area contributed by atoms with Gasteiger partial charge in [-0.1, -0.05) is 0 Å². The summed E-state index contributed by atoms with van der Waals surface area (Å²) in [5.41, 5.74) is 1.66. The van der Waals surface area contributed by atoms with Gasteiger partial charge in [0.2, 0.25) is 0 Å². The molecule has 1 rings (SSSR count). The van der Waals surface area contributed by atoms with Crippen LogP contribution in [0, 0.1) is 0 Å². The maximum Gasteiger partial charge on any atom is 0.332 e. The van der Waals surface area contributed by atoms with Crippen LogP contribution in [0.4, 0.5) is 0 Å². The SMILES string of the molecule is CC(C)(C)c1ccc([PH](O)(O)O)c(C(C)(C)C)c1.CC(O)C(=O)O. The normalized spacial score (nSPS) is 14.5. The van der Waals surface area contributed by atoms with Crippen LogP contribution in [0.15, 0.2) is 18.2 Å². The van der Waals surface area contributed by atoms with E-state index in [2.05, 4.69) is 20.8 Å². The maximum atomic E-state index is 9.58. The monoisotopic (exact) mass is 362 g/mol. The van der Waals surface area contributed by atoms with Crippen LogP contribution >= 0.6 is 7.94 Å². The van der Waals surface area contributed by atoms with Crippen LogP contribution in [0.5, 0.6) is 0 Å². The average Bonchev–Trinajstić information content (AvgIpc) is 2.35. The van der Waals surface area contributed by atoms with E-state index in [0.717, 1.165) is 11.1 Å². The number of rotatable bonds is 2. The van der Waals surface area contributed by atoms with Gasteiger partial charge in [-0.3, -0.25) is 0 Å². The van der Waals surface area contributed by atoms with Gasteiger partial charge in [0.15, 0.2) is 0 Å². The van der Waals surface area contributed by atoms with Gasteiger partial charge in [0.1, 0.15) is 6.10 Å². The summed E-state index contributed by atoms with van der Waals surface area (Å²) in [5.74, 6) is -1.19. The van der Waals surface area contributed by atoms with E-state index in [1.807, 2.05) is 32.9 Å². The van der Waals surface area contributed by atoms with Crippen LogP contribution in [0.25, 0.3) is 0 Å². The average molecular weight is 362 g/mol. The molecule has 0 aliphatic heterocycles. The minimum absolute atomic E-state index is 0.0108. The molecule has 1 unspecified atom stereocenters. The zero-order valence-electron chi connectivity index (χ0n) is 15.5. The van der Waals surface area contributed by atoms with Crippen LogP contribution in [0.1, 0.15) is 59.6 Å². The van der Waals surface area contributed by atoms with Gasteiger partial charge in [0, 0.05) is 0 Å². The Labute approximate surface area is 144 Å². The van der Waals surface area contributed by atoms with Gasteiger partial charge in [0.05, 0.1) is 0 Å². The number of hydrogen-bond donors (Lipinski definition) is 5. The van der Waals surface area contributed by atoms with E-state index in [4.69, 9.17) is 10.2 Å². The van der Waals surface area contributed by atoms with Gasteiger partial charge >= 0.3 is 116 Å². The molecular formula is C17H31O6P. The number of benzene rings is 1. The fraction of sp³-hybridized carbons (Fsp3) is 0.588. The van der Waals surface area contributed by atoms with E-state index < -0.39 is 20.0 Å². The molecule has 0 heterocycles. The van der Waals surface area contributed by atoms with E-state index in [0.29, 0.717) is 0 Å². The Balaban J connectivity index is 0.000000754. The molecular weight excluding hydrogens is 331 g/mol. The fourth-order valence-electron chi connectivity index (χ4n) is 1.92. The van der Waals surface area contributed by atoms with E-state index in [1.54, 1.807) is 6.07 Å². The standard InChI is InChI=1S/C14H25O3P.C3H6O3/c1-13(2,3)10-7-8-12(18(15,16)17)11(9-10)14(4,5)6;1-2(4)3(5)6/h7-9,15-18H,1-6H3;2,4H,1H3,(H,5,6). The molecule has 1 aromatic rings. The molecule has 7 heteroatoms. The Kier molecular flexibility index (Phi) is 7.55. The van der Waals surface area contributed by atoms with Crippen LogP contribution in [0.2, 0.25) is 0 Å². The molecule has 0 spiro atoms. The third-order valence-electron chi connectivity index (χ3n) is 3.41. The van der Waals surface area contributed by atoms with E-state index in [1.165, 1.54) is 6.92 Å². The van der Waals surface area contributed by atoms with Crippen LogP contribution < -0.4 is 5.30 Å². The molecule has 6 nitrogen and oxygen atoms in total. The first-order valence-corrected chi connectivity index (χ1v) is 9.55. The third-order valence-corrected chi connectivity index (χ3v) is 4.57. The molecule has 24 heavy (non-hydrogen) atoms. The van der Waals surface area contributed by atoms with Crippen LogP contribution in [-0.2, 0) is 15.6 Å². The number of carbonyl (C=O) groups is 1. The second-order valence-corrected chi connectivity index (χ2v) is 9.72. The van der Waals surface area contributed by atoms with Crippen molar-refractivity contribution in [2.24, 2.45) is 0 Å². The van der Waals surface area contributed by atoms with Crippen molar-refractivity contribution >= 4 is 19.2 Å². The molecule has 0 radical (unpaired) electrons. The minimum Gasteiger partial charge on any atom is -0.479 e. The Morgan fingerprint density at radius 1 is 1.00 bits per heavy atom. The number of aliphatic hydroxyl groups is 1. The molecule has 140 valence electrons. The van der Waals surface area contributed by atoms with Crippen molar-refractivity contribution in [2.75, 3.05) is 0 Å². The van der Waals surface area contributed by atoms with Crippen molar-refractivity contribution in [2.45, 2.75) is 65.4 Å². The van der Waals surface area contributed by atoms with Crippen molar-refractivity contribution < 1.29 is 29.7 Å². The Bertz CT molecular complexity index is 562. The number of hydrogen-bond acceptors (Lipinski definition) is 5. The predicted octanol–water partition coefficient (Wildman–Crippen LogP) is 1.83. The van der Waals surface area contributed by atoms with Crippen molar-refractivity contribution in [3.8, 4) is 0 Å². The molecule has 5 N–H and O–H groups in total. The van der Waals surface area contributed by atoms with Crippen LogP contribution in [-0.4, -0.2) is 37.0 Å². The number of aliphatic carboxylic acids is 1. The first-order chi connectivity index (χ1) is 10.5. The summed E-state index contributed by atoms with van der Waals surface area (Å²) in [6, 6.07) is 5.47. The topological polar surface area (TPSA) is 118 Å². The predicted molar refractivity (Wildman–Crippen MR) is 97.8 cm³/mol. The van der Waals surface area contributed by atoms with Gasteiger partial charge in [-0.15, -0.1) is 0 Å². The number of carboxylic acid groups (broad SMARTS) is 1. The molecule has 0 aliphatic rings. The first-order valence-electron chi connectivity index (χ1n) is 7.71. The van der Waals surface area contributed by atoms with Crippen molar-refractivity contribution in [3.05, 3.63) is 29.3 Å². The summed E-state index contributed by atoms with van der Waals surface area (Å²) < 4.78 is 0. The molecule has 0 bridgehead atoms. The fourth-order valence-corrected chi connectivity index (χ4v) is 3.04. The van der Waals surface area contributed by atoms with Gasteiger partial charge in [-0.25, -0.2) is 4.79 Å². The zero-order valence-corrected chi connectivity index (χ0v) is 16.5. The second-order valence-electron chi connectivity index (χ2n) is 7.91. The van der Waals surface area contributed by atoms with Crippen molar-refractivity contribution in [3.63, 3.8) is 0 Å².